The summed E-state index contributed by atoms with van der Waals surface area (Å²) >= 11 is 6.04. The molecular weight excluding hydrogens is 405 g/mol. The standard InChI is InChI=1S/C20H20ClF3N4O/c1-11(2)18(17(29)3-4-20(22,23)24)28-14-5-12(7-25-9-14)16-10-27-19-15(16)6-13(21)8-26-19/h5-11,18,28H,3-4H2,1-2H3,(H,26,27). The van der Waals surface area contributed by atoms with Gasteiger partial charge in [0.1, 0.15) is 5.65 Å². The zero-order valence-electron chi connectivity index (χ0n) is 15.8. The van der Waals surface area contributed by atoms with Crippen molar-refractivity contribution < 1.29 is 18.0 Å². The predicted molar refractivity (Wildman–Crippen MR) is 107 cm³/mol. The lowest BCUT2D eigenvalue weighted by molar-refractivity contribution is -0.143. The van der Waals surface area contributed by atoms with Gasteiger partial charge in [0.25, 0.3) is 0 Å². The second kappa shape index (κ2) is 8.41. The number of fused-ring (bicyclic) bond motifs is 1. The van der Waals surface area contributed by atoms with Gasteiger partial charge in [-0.2, -0.15) is 13.2 Å². The minimum absolute atomic E-state index is 0.185. The highest BCUT2D eigenvalue weighted by Crippen LogP contribution is 2.31. The number of carbonyl (C=O) groups excluding carboxylic acids is 1. The van der Waals surface area contributed by atoms with E-state index in [1.165, 1.54) is 6.20 Å². The van der Waals surface area contributed by atoms with E-state index >= 15 is 0 Å². The molecule has 2 N–H and O–H groups in total. The smallest absolute Gasteiger partial charge is 0.374 e. The Morgan fingerprint density at radius 3 is 2.69 bits per heavy atom. The van der Waals surface area contributed by atoms with Gasteiger partial charge in [0.05, 0.1) is 23.2 Å². The number of aromatic nitrogens is 3. The summed E-state index contributed by atoms with van der Waals surface area (Å²) in [5, 5.41) is 4.36. The van der Waals surface area contributed by atoms with E-state index in [0.29, 0.717) is 16.4 Å². The van der Waals surface area contributed by atoms with Gasteiger partial charge in [-0.15, -0.1) is 0 Å². The Balaban J connectivity index is 1.84. The molecule has 0 aliphatic carbocycles. The summed E-state index contributed by atoms with van der Waals surface area (Å²) in [6.07, 6.45) is 0.477. The van der Waals surface area contributed by atoms with E-state index in [0.717, 1.165) is 16.5 Å². The number of carbonyl (C=O) groups is 1. The number of alkyl halides is 3. The molecule has 5 nitrogen and oxygen atoms in total. The summed E-state index contributed by atoms with van der Waals surface area (Å²) in [6, 6.07) is 2.84. The van der Waals surface area contributed by atoms with Gasteiger partial charge in [0.15, 0.2) is 5.78 Å². The van der Waals surface area contributed by atoms with E-state index in [2.05, 4.69) is 20.3 Å². The number of Topliss-reactive ketones (excluding diaryl/α,β-unsaturated/α-hetero) is 1. The highest BCUT2D eigenvalue weighted by molar-refractivity contribution is 6.31. The van der Waals surface area contributed by atoms with Crippen molar-refractivity contribution in [3.8, 4) is 11.1 Å². The van der Waals surface area contributed by atoms with Crippen molar-refractivity contribution in [3.63, 3.8) is 0 Å². The number of aromatic amines is 1. The van der Waals surface area contributed by atoms with E-state index in [4.69, 9.17) is 11.6 Å². The van der Waals surface area contributed by atoms with Crippen LogP contribution in [0, 0.1) is 5.92 Å². The molecule has 0 saturated carbocycles. The third-order valence-electron chi connectivity index (χ3n) is 4.54. The average Bonchev–Trinajstić information content (AvgIpc) is 3.06. The number of ketones is 1. The van der Waals surface area contributed by atoms with Crippen LogP contribution in [0.3, 0.4) is 0 Å². The second-order valence-electron chi connectivity index (χ2n) is 7.16. The lowest BCUT2D eigenvalue weighted by atomic mass is 9.96. The van der Waals surface area contributed by atoms with Crippen LogP contribution in [0.15, 0.2) is 36.9 Å². The first-order valence-corrected chi connectivity index (χ1v) is 9.46. The molecule has 0 saturated heterocycles. The molecule has 0 aliphatic heterocycles. The van der Waals surface area contributed by atoms with Crippen LogP contribution < -0.4 is 5.32 Å². The van der Waals surface area contributed by atoms with Gasteiger partial charge in [-0.25, -0.2) is 4.98 Å². The maximum absolute atomic E-state index is 12.5. The second-order valence-corrected chi connectivity index (χ2v) is 7.60. The number of H-pyrrole nitrogens is 1. The summed E-state index contributed by atoms with van der Waals surface area (Å²) in [6.45, 7) is 3.57. The Bertz CT molecular complexity index is 1020. The van der Waals surface area contributed by atoms with E-state index in [1.807, 2.05) is 0 Å². The predicted octanol–water partition coefficient (Wildman–Crippen LogP) is 5.63. The molecule has 0 aliphatic rings. The van der Waals surface area contributed by atoms with Gasteiger partial charge in [-0.05, 0) is 18.1 Å². The maximum Gasteiger partial charge on any atom is 0.389 e. The number of hydrogen-bond acceptors (Lipinski definition) is 4. The van der Waals surface area contributed by atoms with Crippen molar-refractivity contribution in [2.75, 3.05) is 5.32 Å². The molecular formula is C20H20ClF3N4O. The zero-order chi connectivity index (χ0) is 21.2. The van der Waals surface area contributed by atoms with Crippen molar-refractivity contribution in [3.05, 3.63) is 41.9 Å². The van der Waals surface area contributed by atoms with Crippen molar-refractivity contribution in [1.82, 2.24) is 15.0 Å². The molecule has 1 atom stereocenters. The Morgan fingerprint density at radius 2 is 2.00 bits per heavy atom. The Labute approximate surface area is 170 Å². The molecule has 0 aromatic carbocycles. The fraction of sp³-hybridized carbons (Fsp3) is 0.350. The number of nitrogens with zero attached hydrogens (tertiary/aromatic N) is 2. The number of anilines is 1. The van der Waals surface area contributed by atoms with Gasteiger partial charge in [0.2, 0.25) is 0 Å². The third kappa shape index (κ3) is 5.26. The van der Waals surface area contributed by atoms with Crippen molar-refractivity contribution in [2.24, 2.45) is 5.92 Å². The zero-order valence-corrected chi connectivity index (χ0v) is 16.6. The molecule has 0 amide bonds. The van der Waals surface area contributed by atoms with Gasteiger partial charge >= 0.3 is 6.18 Å². The molecule has 0 bridgehead atoms. The molecule has 0 radical (unpaired) electrons. The van der Waals surface area contributed by atoms with Crippen LogP contribution in [0.4, 0.5) is 18.9 Å². The molecule has 29 heavy (non-hydrogen) atoms. The molecule has 3 rings (SSSR count). The Kier molecular flexibility index (Phi) is 6.12. The van der Waals surface area contributed by atoms with Crippen molar-refractivity contribution in [2.45, 2.75) is 38.9 Å². The summed E-state index contributed by atoms with van der Waals surface area (Å²) in [4.78, 5) is 23.8. The topological polar surface area (TPSA) is 70.7 Å². The van der Waals surface area contributed by atoms with Crippen molar-refractivity contribution >= 4 is 34.1 Å². The van der Waals surface area contributed by atoms with Crippen molar-refractivity contribution in [1.29, 1.82) is 0 Å². The van der Waals surface area contributed by atoms with Gasteiger partial charge < -0.3 is 10.3 Å². The summed E-state index contributed by atoms with van der Waals surface area (Å²) in [5.41, 5.74) is 2.81. The van der Waals surface area contributed by atoms with Crippen LogP contribution in [-0.4, -0.2) is 33.0 Å². The van der Waals surface area contributed by atoms with Crippen LogP contribution in [0.5, 0.6) is 0 Å². The number of rotatable bonds is 7. The fourth-order valence-corrected chi connectivity index (χ4v) is 3.26. The highest BCUT2D eigenvalue weighted by atomic mass is 35.5. The quantitative estimate of drug-likeness (QED) is 0.516. The minimum Gasteiger partial charge on any atom is -0.374 e. The lowest BCUT2D eigenvalue weighted by Gasteiger charge is -2.22. The summed E-state index contributed by atoms with van der Waals surface area (Å²) in [7, 11) is 0. The largest absolute Gasteiger partial charge is 0.389 e. The Morgan fingerprint density at radius 1 is 1.24 bits per heavy atom. The van der Waals surface area contributed by atoms with Crippen LogP contribution in [-0.2, 0) is 4.79 Å². The van der Waals surface area contributed by atoms with Gasteiger partial charge in [0, 0.05) is 47.7 Å². The number of nitrogens with one attached hydrogen (secondary N) is 2. The van der Waals surface area contributed by atoms with Crippen LogP contribution >= 0.6 is 11.6 Å². The molecule has 9 heteroatoms. The average molecular weight is 425 g/mol. The lowest BCUT2D eigenvalue weighted by Crippen LogP contribution is -2.35. The maximum atomic E-state index is 12.5. The first-order chi connectivity index (χ1) is 13.6. The first kappa shape index (κ1) is 21.1. The molecule has 3 aromatic rings. The van der Waals surface area contributed by atoms with Crippen LogP contribution in [0.1, 0.15) is 26.7 Å². The highest BCUT2D eigenvalue weighted by Gasteiger charge is 2.31. The van der Waals surface area contributed by atoms with E-state index < -0.39 is 30.8 Å². The molecule has 3 aromatic heterocycles. The van der Waals surface area contributed by atoms with Gasteiger partial charge in [-0.1, -0.05) is 25.4 Å². The van der Waals surface area contributed by atoms with E-state index in [1.54, 1.807) is 44.6 Å². The van der Waals surface area contributed by atoms with E-state index in [9.17, 15) is 18.0 Å². The van der Waals surface area contributed by atoms with Crippen LogP contribution in [0.2, 0.25) is 5.02 Å². The first-order valence-electron chi connectivity index (χ1n) is 9.08. The number of hydrogen-bond donors (Lipinski definition) is 2. The van der Waals surface area contributed by atoms with E-state index in [-0.39, 0.29) is 5.92 Å². The number of halogens is 4. The monoisotopic (exact) mass is 424 g/mol. The Hall–Kier alpha value is -2.61. The third-order valence-corrected chi connectivity index (χ3v) is 4.74. The number of pyridine rings is 2. The normalized spacial score (nSPS) is 13.1. The summed E-state index contributed by atoms with van der Waals surface area (Å²) in [5.74, 6) is -0.665. The molecule has 0 spiro atoms. The SMILES string of the molecule is CC(C)C(Nc1cncc(-c2c[nH]c3ncc(Cl)cc23)c1)C(=O)CCC(F)(F)F. The fourth-order valence-electron chi connectivity index (χ4n) is 3.10. The van der Waals surface area contributed by atoms with Gasteiger partial charge in [-0.3, -0.25) is 9.78 Å². The minimum atomic E-state index is -4.36. The summed E-state index contributed by atoms with van der Waals surface area (Å²) < 4.78 is 37.4. The molecule has 1 unspecified atom stereocenters. The molecule has 154 valence electrons. The van der Waals surface area contributed by atoms with Crippen LogP contribution in [0.25, 0.3) is 22.2 Å². The molecule has 0 fully saturated rings. The molecule has 3 heterocycles.